The second-order valence-electron chi connectivity index (χ2n) is 18.5. The summed E-state index contributed by atoms with van der Waals surface area (Å²) in [6.45, 7) is 0. The molecule has 13 aromatic rings. The van der Waals surface area contributed by atoms with E-state index in [-0.39, 0.29) is 0 Å². The third-order valence-corrected chi connectivity index (χ3v) is 14.2. The Bertz CT molecular complexity index is 4000. The van der Waals surface area contributed by atoms with Crippen LogP contribution in [0.5, 0.6) is 0 Å². The molecule has 0 radical (unpaired) electrons. The Morgan fingerprint density at radius 2 is 0.708 bits per heavy atom. The normalized spacial score (nSPS) is 11.3. The molecule has 338 valence electrons. The highest BCUT2D eigenvalue weighted by Gasteiger charge is 2.21. The average molecular weight is 917 g/mol. The molecule has 13 rings (SSSR count). The van der Waals surface area contributed by atoms with E-state index in [0.29, 0.717) is 0 Å². The molecule has 0 spiro atoms. The molecule has 0 saturated heterocycles. The van der Waals surface area contributed by atoms with Crippen molar-refractivity contribution in [3.05, 3.63) is 291 Å². The maximum Gasteiger partial charge on any atom is 0.0547 e. The molecule has 1 heterocycles. The molecule has 0 aliphatic rings. The zero-order valence-corrected chi connectivity index (χ0v) is 39.6. The van der Waals surface area contributed by atoms with Gasteiger partial charge in [-0.2, -0.15) is 0 Å². The number of hydrogen-bond acceptors (Lipinski definition) is 1. The van der Waals surface area contributed by atoms with Gasteiger partial charge in [0.2, 0.25) is 0 Å². The lowest BCUT2D eigenvalue weighted by molar-refractivity contribution is 1.18. The molecule has 1 aromatic heterocycles. The summed E-state index contributed by atoms with van der Waals surface area (Å²) >= 11 is 0. The van der Waals surface area contributed by atoms with Crippen LogP contribution in [0.15, 0.2) is 291 Å². The number of para-hydroxylation sites is 3. The van der Waals surface area contributed by atoms with Gasteiger partial charge >= 0.3 is 0 Å². The van der Waals surface area contributed by atoms with Crippen molar-refractivity contribution < 1.29 is 0 Å². The van der Waals surface area contributed by atoms with Gasteiger partial charge in [-0.25, -0.2) is 0 Å². The second kappa shape index (κ2) is 18.4. The summed E-state index contributed by atoms with van der Waals surface area (Å²) in [5.41, 5.74) is 20.9. The number of aromatic nitrogens is 1. The lowest BCUT2D eigenvalue weighted by atomic mass is 9.94. The van der Waals surface area contributed by atoms with E-state index >= 15 is 0 Å². The molecule has 12 aromatic carbocycles. The minimum atomic E-state index is 1.07. The summed E-state index contributed by atoms with van der Waals surface area (Å²) in [7, 11) is 0. The van der Waals surface area contributed by atoms with Crippen LogP contribution in [-0.4, -0.2) is 4.57 Å². The lowest BCUT2D eigenvalue weighted by Gasteiger charge is -2.29. The molecule has 0 aliphatic heterocycles. The monoisotopic (exact) mass is 916 g/mol. The van der Waals surface area contributed by atoms with Gasteiger partial charge in [-0.1, -0.05) is 224 Å². The van der Waals surface area contributed by atoms with Crippen LogP contribution in [0.25, 0.3) is 105 Å². The van der Waals surface area contributed by atoms with E-state index < -0.39 is 0 Å². The van der Waals surface area contributed by atoms with E-state index in [9.17, 15) is 0 Å². The van der Waals surface area contributed by atoms with Gasteiger partial charge in [0.05, 0.1) is 16.7 Å². The van der Waals surface area contributed by atoms with Crippen LogP contribution in [0.2, 0.25) is 0 Å². The van der Waals surface area contributed by atoms with Crippen molar-refractivity contribution in [3.8, 4) is 72.4 Å². The van der Waals surface area contributed by atoms with E-state index in [4.69, 9.17) is 0 Å². The van der Waals surface area contributed by atoms with Gasteiger partial charge in [0.1, 0.15) is 0 Å². The summed E-state index contributed by atoms with van der Waals surface area (Å²) in [6, 6.07) is 106. The van der Waals surface area contributed by atoms with Gasteiger partial charge in [0.25, 0.3) is 0 Å². The summed E-state index contributed by atoms with van der Waals surface area (Å²) in [5, 5.41) is 5.00. The first-order valence-corrected chi connectivity index (χ1v) is 24.7. The minimum Gasteiger partial charge on any atom is -0.310 e. The molecule has 0 amide bonds. The maximum absolute atomic E-state index is 2.45. The van der Waals surface area contributed by atoms with E-state index in [1.807, 2.05) is 0 Å². The van der Waals surface area contributed by atoms with Crippen molar-refractivity contribution in [2.45, 2.75) is 0 Å². The largest absolute Gasteiger partial charge is 0.310 e. The van der Waals surface area contributed by atoms with Crippen LogP contribution >= 0.6 is 0 Å². The second-order valence-corrected chi connectivity index (χ2v) is 18.5. The van der Waals surface area contributed by atoms with Gasteiger partial charge in [0.15, 0.2) is 0 Å². The fourth-order valence-electron chi connectivity index (χ4n) is 10.8. The summed E-state index contributed by atoms with van der Waals surface area (Å²) in [6.07, 6.45) is 0. The zero-order valence-electron chi connectivity index (χ0n) is 39.6. The molecular formula is C70H48N2. The molecule has 0 unspecified atom stereocenters. The van der Waals surface area contributed by atoms with Crippen molar-refractivity contribution in [1.29, 1.82) is 0 Å². The molecule has 0 N–H and O–H groups in total. The number of nitrogens with zero attached hydrogens (tertiary/aromatic N) is 2. The molecule has 2 nitrogen and oxygen atoms in total. The SMILES string of the molecule is c1ccc(-c2cc(-c3ccccc3)cc(N(c3ccc(-c4ccc(-c5cccc6ccccc56)cc4)cc3)c3ccccc3-c3cccc(-c4cccc5c4c4ccccc4n5-c4ccccc4)c3)c2)cc1. The highest BCUT2D eigenvalue weighted by atomic mass is 15.1. The third-order valence-electron chi connectivity index (χ3n) is 14.2. The average Bonchev–Trinajstić information content (AvgIpc) is 3.81. The van der Waals surface area contributed by atoms with Gasteiger partial charge in [-0.15, -0.1) is 0 Å². The number of fused-ring (bicyclic) bond motifs is 4. The minimum absolute atomic E-state index is 1.07. The van der Waals surface area contributed by atoms with Crippen molar-refractivity contribution in [2.24, 2.45) is 0 Å². The molecule has 0 bridgehead atoms. The molecule has 2 heteroatoms. The highest BCUT2D eigenvalue weighted by Crippen LogP contribution is 2.46. The van der Waals surface area contributed by atoms with Crippen LogP contribution in [0, 0.1) is 0 Å². The molecule has 0 atom stereocenters. The Balaban J connectivity index is 0.955. The van der Waals surface area contributed by atoms with Gasteiger partial charge < -0.3 is 9.47 Å². The molecular weight excluding hydrogens is 869 g/mol. The fraction of sp³-hybridized carbons (Fsp3) is 0. The van der Waals surface area contributed by atoms with Crippen molar-refractivity contribution >= 4 is 49.6 Å². The molecule has 0 saturated carbocycles. The predicted molar refractivity (Wildman–Crippen MR) is 306 cm³/mol. The first-order chi connectivity index (χ1) is 35.7. The van der Waals surface area contributed by atoms with Crippen LogP contribution in [0.4, 0.5) is 17.1 Å². The van der Waals surface area contributed by atoms with Crippen LogP contribution in [-0.2, 0) is 0 Å². The standard InChI is InChI=1S/C70H48N2/c1-4-19-49(20-5-1)57-46-58(50-21-6-2-7-22-50)48-61(47-57)71(60-43-41-52(42-44-60)51-37-39-54(40-38-51)63-32-17-24-53-23-10-11-29-62(53)63)67-34-14-12-30-64(67)55-25-16-26-56(45-55)65-33-18-36-69-70(65)66-31-13-15-35-68(66)72(69)59-27-8-3-9-28-59/h1-48H. The summed E-state index contributed by atoms with van der Waals surface area (Å²) in [5.74, 6) is 0. The van der Waals surface area contributed by atoms with Gasteiger partial charge in [0, 0.05) is 33.4 Å². The van der Waals surface area contributed by atoms with Crippen molar-refractivity contribution in [3.63, 3.8) is 0 Å². The molecule has 0 fully saturated rings. The van der Waals surface area contributed by atoms with Gasteiger partial charge in [-0.3, -0.25) is 0 Å². The molecule has 72 heavy (non-hydrogen) atoms. The summed E-state index contributed by atoms with van der Waals surface area (Å²) in [4.78, 5) is 2.45. The van der Waals surface area contributed by atoms with Crippen LogP contribution < -0.4 is 4.90 Å². The van der Waals surface area contributed by atoms with E-state index in [2.05, 4.69) is 301 Å². The Kier molecular flexibility index (Phi) is 10.9. The maximum atomic E-state index is 2.45. The molecule has 0 aliphatic carbocycles. The lowest BCUT2D eigenvalue weighted by Crippen LogP contribution is -2.11. The zero-order chi connectivity index (χ0) is 47.8. The van der Waals surface area contributed by atoms with Crippen molar-refractivity contribution in [2.75, 3.05) is 4.90 Å². The van der Waals surface area contributed by atoms with Crippen LogP contribution in [0.1, 0.15) is 0 Å². The number of hydrogen-bond donors (Lipinski definition) is 0. The first-order valence-electron chi connectivity index (χ1n) is 24.7. The van der Waals surface area contributed by atoms with Gasteiger partial charge in [-0.05, 0) is 139 Å². The number of benzene rings is 12. The predicted octanol–water partition coefficient (Wildman–Crippen LogP) is 19.4. The van der Waals surface area contributed by atoms with E-state index in [0.717, 1.165) is 50.6 Å². The summed E-state index contributed by atoms with van der Waals surface area (Å²) < 4.78 is 2.39. The Morgan fingerprint density at radius 1 is 0.250 bits per heavy atom. The number of rotatable bonds is 10. The van der Waals surface area contributed by atoms with Crippen LogP contribution in [0.3, 0.4) is 0 Å². The Hall–Kier alpha value is -9.50. The van der Waals surface area contributed by atoms with E-state index in [1.54, 1.807) is 0 Å². The fourth-order valence-corrected chi connectivity index (χ4v) is 10.8. The highest BCUT2D eigenvalue weighted by molar-refractivity contribution is 6.16. The Labute approximate surface area is 420 Å². The Morgan fingerprint density at radius 3 is 1.43 bits per heavy atom. The number of anilines is 3. The van der Waals surface area contributed by atoms with E-state index in [1.165, 1.54) is 71.5 Å². The topological polar surface area (TPSA) is 8.17 Å². The smallest absolute Gasteiger partial charge is 0.0547 e. The third kappa shape index (κ3) is 7.82. The quantitative estimate of drug-likeness (QED) is 0.133. The van der Waals surface area contributed by atoms with Crippen molar-refractivity contribution in [1.82, 2.24) is 4.57 Å². The first kappa shape index (κ1) is 42.6.